The van der Waals surface area contributed by atoms with Crippen LogP contribution in [0.5, 0.6) is 0 Å². The van der Waals surface area contributed by atoms with E-state index in [0.717, 1.165) is 30.0 Å². The molecule has 0 bridgehead atoms. The quantitative estimate of drug-likeness (QED) is 0.772. The van der Waals surface area contributed by atoms with Crippen LogP contribution in [-0.4, -0.2) is 24.4 Å². The van der Waals surface area contributed by atoms with Crippen LogP contribution in [0.2, 0.25) is 0 Å². The molecule has 2 aromatic rings. The van der Waals surface area contributed by atoms with E-state index in [2.05, 4.69) is 19.2 Å². The summed E-state index contributed by atoms with van der Waals surface area (Å²) in [6, 6.07) is 5.77. The molecule has 5 nitrogen and oxygen atoms in total. The molecule has 4 N–H and O–H groups in total. The Bertz CT molecular complexity index is 814. The summed E-state index contributed by atoms with van der Waals surface area (Å²) in [5.41, 5.74) is 7.27. The van der Waals surface area contributed by atoms with E-state index < -0.39 is 11.7 Å². The third-order valence-electron chi connectivity index (χ3n) is 4.57. The first-order chi connectivity index (χ1) is 11.9. The molecule has 0 spiro atoms. The zero-order chi connectivity index (χ0) is 18.1. The lowest BCUT2D eigenvalue weighted by Crippen LogP contribution is -3.14. The second kappa shape index (κ2) is 6.93. The van der Waals surface area contributed by atoms with Crippen LogP contribution in [0.3, 0.4) is 0 Å². The number of anilines is 1. The molecule has 1 aliphatic rings. The molecule has 1 aromatic heterocycles. The predicted molar refractivity (Wildman–Crippen MR) is 95.6 cm³/mol. The monoisotopic (exact) mass is 362 g/mol. The van der Waals surface area contributed by atoms with Crippen LogP contribution < -0.4 is 16.0 Å². The molecule has 0 fully saturated rings. The molecule has 0 saturated heterocycles. The topological polar surface area (TPSA) is 76.6 Å². The molecule has 1 aromatic carbocycles. The molecular weight excluding hydrogens is 341 g/mol. The fourth-order valence-corrected chi connectivity index (χ4v) is 4.42. The highest BCUT2D eigenvalue weighted by Gasteiger charge is 2.30. The zero-order valence-corrected chi connectivity index (χ0v) is 15.0. The lowest BCUT2D eigenvalue weighted by molar-refractivity contribution is -0.936. The molecule has 2 amide bonds. The lowest BCUT2D eigenvalue weighted by Gasteiger charge is -2.27. The van der Waals surface area contributed by atoms with Gasteiger partial charge in [-0.05, 0) is 43.7 Å². The van der Waals surface area contributed by atoms with E-state index in [1.807, 2.05) is 0 Å². The number of nitrogens with one attached hydrogen (secondary N) is 2. The number of benzene rings is 1. The van der Waals surface area contributed by atoms with Crippen molar-refractivity contribution in [3.63, 3.8) is 0 Å². The van der Waals surface area contributed by atoms with Crippen molar-refractivity contribution in [3.05, 3.63) is 51.7 Å². The highest BCUT2D eigenvalue weighted by Crippen LogP contribution is 2.34. The zero-order valence-electron chi connectivity index (χ0n) is 14.2. The van der Waals surface area contributed by atoms with Crippen LogP contribution in [-0.2, 0) is 13.0 Å². The summed E-state index contributed by atoms with van der Waals surface area (Å²) in [6.07, 6.45) is 0.768. The number of primary amides is 1. The van der Waals surface area contributed by atoms with Gasteiger partial charge in [0.25, 0.3) is 11.8 Å². The maximum Gasteiger partial charge on any atom is 0.256 e. The molecule has 7 heteroatoms. The molecule has 132 valence electrons. The van der Waals surface area contributed by atoms with Gasteiger partial charge in [-0.15, -0.1) is 11.3 Å². The second-order valence-electron chi connectivity index (χ2n) is 6.52. The van der Waals surface area contributed by atoms with Gasteiger partial charge in [0.2, 0.25) is 0 Å². The second-order valence-corrected chi connectivity index (χ2v) is 7.63. The Hall–Kier alpha value is -2.25. The highest BCUT2D eigenvalue weighted by molar-refractivity contribution is 7.17. The average molecular weight is 362 g/mol. The Morgan fingerprint density at radius 1 is 1.28 bits per heavy atom. The molecule has 25 heavy (non-hydrogen) atoms. The number of halogens is 1. The Labute approximate surface area is 149 Å². The number of hydrogen-bond donors (Lipinski definition) is 3. The summed E-state index contributed by atoms with van der Waals surface area (Å²) in [5, 5.41) is 3.26. The van der Waals surface area contributed by atoms with Gasteiger partial charge in [-0.3, -0.25) is 9.59 Å². The first-order valence-corrected chi connectivity index (χ1v) is 9.04. The van der Waals surface area contributed by atoms with Gasteiger partial charge in [0, 0.05) is 12.0 Å². The smallest absolute Gasteiger partial charge is 0.256 e. The maximum atomic E-state index is 13.0. The first-order valence-electron chi connectivity index (χ1n) is 8.22. The van der Waals surface area contributed by atoms with Gasteiger partial charge in [0.15, 0.2) is 0 Å². The van der Waals surface area contributed by atoms with E-state index in [9.17, 15) is 14.0 Å². The van der Waals surface area contributed by atoms with Crippen molar-refractivity contribution in [1.29, 1.82) is 0 Å². The third-order valence-corrected chi connectivity index (χ3v) is 5.72. The predicted octanol–water partition coefficient (Wildman–Crippen LogP) is 1.59. The van der Waals surface area contributed by atoms with Crippen molar-refractivity contribution >= 4 is 28.2 Å². The number of carbonyl (C=O) groups excluding carboxylic acids is 2. The average Bonchev–Trinajstić information content (AvgIpc) is 2.92. The van der Waals surface area contributed by atoms with Gasteiger partial charge in [-0.2, -0.15) is 0 Å². The summed E-state index contributed by atoms with van der Waals surface area (Å²) >= 11 is 1.41. The van der Waals surface area contributed by atoms with Crippen LogP contribution in [0.25, 0.3) is 0 Å². The third kappa shape index (κ3) is 3.57. The number of rotatable bonds is 4. The van der Waals surface area contributed by atoms with Crippen molar-refractivity contribution in [2.24, 2.45) is 5.73 Å². The van der Waals surface area contributed by atoms with Gasteiger partial charge in [0.1, 0.15) is 17.4 Å². The van der Waals surface area contributed by atoms with Crippen LogP contribution in [0.4, 0.5) is 9.39 Å². The number of quaternary nitrogens is 1. The van der Waals surface area contributed by atoms with E-state index in [4.69, 9.17) is 5.73 Å². The van der Waals surface area contributed by atoms with Crippen molar-refractivity contribution in [2.45, 2.75) is 32.9 Å². The minimum Gasteiger partial charge on any atom is -0.365 e. The van der Waals surface area contributed by atoms with Gasteiger partial charge < -0.3 is 16.0 Å². The first kappa shape index (κ1) is 17.6. The minimum atomic E-state index is -0.528. The van der Waals surface area contributed by atoms with Crippen molar-refractivity contribution in [3.8, 4) is 0 Å². The summed E-state index contributed by atoms with van der Waals surface area (Å²) in [5.74, 6) is -1.31. The lowest BCUT2D eigenvalue weighted by atomic mass is 10.0. The number of hydrogen-bond acceptors (Lipinski definition) is 3. The summed E-state index contributed by atoms with van der Waals surface area (Å²) in [4.78, 5) is 26.9. The van der Waals surface area contributed by atoms with Crippen molar-refractivity contribution < 1.29 is 18.9 Å². The van der Waals surface area contributed by atoms with Crippen LogP contribution in [0.15, 0.2) is 24.3 Å². The largest absolute Gasteiger partial charge is 0.365 e. The number of amides is 2. The molecule has 2 heterocycles. The molecule has 1 aliphatic heterocycles. The van der Waals surface area contributed by atoms with Crippen LogP contribution in [0, 0.1) is 5.82 Å². The van der Waals surface area contributed by atoms with E-state index in [-0.39, 0.29) is 5.91 Å². The Kier molecular flexibility index (Phi) is 4.87. The molecule has 1 unspecified atom stereocenters. The molecule has 0 aliphatic carbocycles. The highest BCUT2D eigenvalue weighted by atomic mass is 32.1. The number of fused-ring (bicyclic) bond motifs is 1. The molecular formula is C18H21FN3O2S+. The Morgan fingerprint density at radius 2 is 1.96 bits per heavy atom. The van der Waals surface area contributed by atoms with E-state index in [0.29, 0.717) is 22.2 Å². The molecule has 0 radical (unpaired) electrons. The number of thiophene rings is 1. The number of nitrogens with two attached hydrogens (primary N) is 1. The fourth-order valence-electron chi connectivity index (χ4n) is 3.12. The van der Waals surface area contributed by atoms with Gasteiger partial charge >= 0.3 is 0 Å². The standard InChI is InChI=1S/C18H20FN3O2S/c1-10(2)22-8-7-13-14(9-22)25-18(15(13)16(20)23)21-17(24)11-3-5-12(19)6-4-11/h3-6,10H,7-9H2,1-2H3,(H2,20,23)(H,21,24)/p+1. The van der Waals surface area contributed by atoms with Gasteiger partial charge in [-0.25, -0.2) is 4.39 Å². The van der Waals surface area contributed by atoms with Crippen LogP contribution >= 0.6 is 11.3 Å². The fraction of sp³-hybridized carbons (Fsp3) is 0.333. The molecule has 1 atom stereocenters. The van der Waals surface area contributed by atoms with Gasteiger partial charge in [0.05, 0.1) is 23.0 Å². The SMILES string of the molecule is CC(C)[NH+]1CCc2c(sc(NC(=O)c3ccc(F)cc3)c2C(N)=O)C1. The normalized spacial score (nSPS) is 16.6. The van der Waals surface area contributed by atoms with Crippen LogP contribution in [0.1, 0.15) is 45.0 Å². The summed E-state index contributed by atoms with van der Waals surface area (Å²) < 4.78 is 13.0. The maximum absolute atomic E-state index is 13.0. The van der Waals surface area contributed by atoms with Crippen molar-refractivity contribution in [1.82, 2.24) is 0 Å². The molecule has 0 saturated carbocycles. The number of carbonyl (C=O) groups is 2. The minimum absolute atomic E-state index is 0.331. The van der Waals surface area contributed by atoms with Crippen molar-refractivity contribution in [2.75, 3.05) is 11.9 Å². The summed E-state index contributed by atoms with van der Waals surface area (Å²) in [6.45, 7) is 6.09. The molecule has 3 rings (SSSR count). The van der Waals surface area contributed by atoms with Gasteiger partial charge in [-0.1, -0.05) is 0 Å². The summed E-state index contributed by atoms with van der Waals surface area (Å²) in [7, 11) is 0. The Morgan fingerprint density at radius 3 is 2.56 bits per heavy atom. The van der Waals surface area contributed by atoms with E-state index in [1.54, 1.807) is 0 Å². The Balaban J connectivity index is 1.90. The van der Waals surface area contributed by atoms with E-state index in [1.165, 1.54) is 40.5 Å². The van der Waals surface area contributed by atoms with E-state index >= 15 is 0 Å².